The summed E-state index contributed by atoms with van der Waals surface area (Å²) < 4.78 is 25.8. The van der Waals surface area contributed by atoms with Crippen LogP contribution in [0.25, 0.3) is 5.69 Å². The number of amides is 1. The maximum Gasteiger partial charge on any atom is 0.289 e. The van der Waals surface area contributed by atoms with Gasteiger partial charge in [-0.3, -0.25) is 19.1 Å². The first kappa shape index (κ1) is 24.7. The second kappa shape index (κ2) is 10.2. The van der Waals surface area contributed by atoms with Gasteiger partial charge in [-0.05, 0) is 43.0 Å². The van der Waals surface area contributed by atoms with E-state index in [-0.39, 0.29) is 12.5 Å². The molecule has 3 heterocycles. The Hall–Kier alpha value is -3.95. The number of halogens is 1. The predicted molar refractivity (Wildman–Crippen MR) is 133 cm³/mol. The highest BCUT2D eigenvalue weighted by atomic mass is 19.1. The molecule has 1 aliphatic heterocycles. The summed E-state index contributed by atoms with van der Waals surface area (Å²) in [6, 6.07) is 8.10. The fourth-order valence-corrected chi connectivity index (χ4v) is 4.91. The van der Waals surface area contributed by atoms with Gasteiger partial charge in [0.2, 0.25) is 5.88 Å². The first-order valence-corrected chi connectivity index (χ1v) is 12.4. The van der Waals surface area contributed by atoms with Gasteiger partial charge in [0.05, 0.1) is 20.4 Å². The van der Waals surface area contributed by atoms with Crippen LogP contribution in [-0.4, -0.2) is 57.8 Å². The molecule has 1 N–H and O–H groups in total. The van der Waals surface area contributed by atoms with E-state index in [0.29, 0.717) is 54.0 Å². The maximum absolute atomic E-state index is 13.6. The molecule has 37 heavy (non-hydrogen) atoms. The summed E-state index contributed by atoms with van der Waals surface area (Å²) in [6.07, 6.45) is 5.27. The van der Waals surface area contributed by atoms with Gasteiger partial charge in [0.1, 0.15) is 28.8 Å². The SMILES string of the molecule is COc1cccc(OC)c1-n1c(CCC2CC2)nc(=O)c(C(=O)N2CCC(c3ccc(F)cn3)C2)c1O. The van der Waals surface area contributed by atoms with Crippen molar-refractivity contribution in [2.75, 3.05) is 27.3 Å². The van der Waals surface area contributed by atoms with Crippen molar-refractivity contribution in [3.8, 4) is 23.1 Å². The number of hydrogen-bond donors (Lipinski definition) is 1. The Morgan fingerprint density at radius 1 is 1.14 bits per heavy atom. The van der Waals surface area contributed by atoms with E-state index < -0.39 is 28.7 Å². The quantitative estimate of drug-likeness (QED) is 0.497. The Morgan fingerprint density at radius 3 is 2.49 bits per heavy atom. The highest BCUT2D eigenvalue weighted by molar-refractivity contribution is 5.96. The highest BCUT2D eigenvalue weighted by Crippen LogP contribution is 2.38. The van der Waals surface area contributed by atoms with Crippen molar-refractivity contribution < 1.29 is 23.8 Å². The van der Waals surface area contributed by atoms with E-state index in [9.17, 15) is 19.1 Å². The topological polar surface area (TPSA) is 107 Å². The van der Waals surface area contributed by atoms with E-state index in [1.165, 1.54) is 29.8 Å². The molecule has 10 heteroatoms. The molecule has 0 spiro atoms. The number of likely N-dealkylation sites (tertiary alicyclic amines) is 1. The minimum atomic E-state index is -0.776. The standard InChI is InChI=1S/C27H29FN4O5/c1-36-20-4-3-5-21(37-2)24(20)32-22(11-8-16-6-7-16)30-25(33)23(27(32)35)26(34)31-13-12-17(15-31)19-10-9-18(28)14-29-19/h3-5,9-10,14,16-17,35H,6-8,11-13,15H2,1-2H3. The molecule has 1 atom stereocenters. The number of rotatable bonds is 8. The molecule has 3 aromatic rings. The van der Waals surface area contributed by atoms with Crippen LogP contribution in [0.5, 0.6) is 17.4 Å². The molecule has 5 rings (SSSR count). The number of aryl methyl sites for hydroxylation is 1. The second-order valence-electron chi connectivity index (χ2n) is 9.50. The summed E-state index contributed by atoms with van der Waals surface area (Å²) in [5.41, 5.74) is -0.143. The largest absolute Gasteiger partial charge is 0.494 e. The molecule has 1 amide bonds. The summed E-state index contributed by atoms with van der Waals surface area (Å²) in [5.74, 6) is 0.0508. The molecule has 1 aliphatic carbocycles. The number of methoxy groups -OCH3 is 2. The van der Waals surface area contributed by atoms with Crippen LogP contribution in [-0.2, 0) is 6.42 Å². The van der Waals surface area contributed by atoms with Crippen molar-refractivity contribution in [3.63, 3.8) is 0 Å². The Bertz CT molecular complexity index is 1350. The molecule has 0 bridgehead atoms. The summed E-state index contributed by atoms with van der Waals surface area (Å²) in [7, 11) is 2.99. The summed E-state index contributed by atoms with van der Waals surface area (Å²) in [6.45, 7) is 0.653. The molecule has 2 aromatic heterocycles. The van der Waals surface area contributed by atoms with Crippen molar-refractivity contribution in [3.05, 3.63) is 69.8 Å². The molecule has 0 radical (unpaired) electrons. The van der Waals surface area contributed by atoms with Crippen molar-refractivity contribution in [1.29, 1.82) is 0 Å². The van der Waals surface area contributed by atoms with Crippen LogP contribution in [0.4, 0.5) is 4.39 Å². The second-order valence-corrected chi connectivity index (χ2v) is 9.50. The summed E-state index contributed by atoms with van der Waals surface area (Å²) >= 11 is 0. The minimum absolute atomic E-state index is 0.103. The molecule has 2 fully saturated rings. The lowest BCUT2D eigenvalue weighted by Gasteiger charge is -2.22. The fraction of sp³-hybridized carbons (Fsp3) is 0.407. The smallest absolute Gasteiger partial charge is 0.289 e. The van der Waals surface area contributed by atoms with Crippen LogP contribution in [0.2, 0.25) is 0 Å². The van der Waals surface area contributed by atoms with E-state index in [0.717, 1.165) is 25.5 Å². The molecule has 1 saturated heterocycles. The zero-order chi connectivity index (χ0) is 26.1. The maximum atomic E-state index is 13.6. The van der Waals surface area contributed by atoms with E-state index in [4.69, 9.17) is 9.47 Å². The molecule has 1 unspecified atom stereocenters. The molecule has 2 aliphatic rings. The number of para-hydroxylation sites is 1. The van der Waals surface area contributed by atoms with Crippen molar-refractivity contribution in [1.82, 2.24) is 19.4 Å². The zero-order valence-electron chi connectivity index (χ0n) is 20.8. The minimum Gasteiger partial charge on any atom is -0.494 e. The van der Waals surface area contributed by atoms with Crippen LogP contribution in [0.1, 0.15) is 53.5 Å². The number of benzene rings is 1. The van der Waals surface area contributed by atoms with Crippen LogP contribution < -0.4 is 15.0 Å². The van der Waals surface area contributed by atoms with Crippen molar-refractivity contribution >= 4 is 5.91 Å². The van der Waals surface area contributed by atoms with Gasteiger partial charge in [-0.2, -0.15) is 4.98 Å². The van der Waals surface area contributed by atoms with Crippen LogP contribution in [0, 0.1) is 11.7 Å². The van der Waals surface area contributed by atoms with Crippen LogP contribution in [0.3, 0.4) is 0 Å². The normalized spacial score (nSPS) is 17.2. The number of aromatic nitrogens is 3. The first-order chi connectivity index (χ1) is 17.9. The molecule has 9 nitrogen and oxygen atoms in total. The average molecular weight is 509 g/mol. The Kier molecular flexibility index (Phi) is 6.82. The Morgan fingerprint density at radius 2 is 1.86 bits per heavy atom. The van der Waals surface area contributed by atoms with Crippen LogP contribution in [0.15, 0.2) is 41.3 Å². The van der Waals surface area contributed by atoms with Gasteiger partial charge in [0.15, 0.2) is 5.56 Å². The predicted octanol–water partition coefficient (Wildman–Crippen LogP) is 3.46. The third-order valence-electron chi connectivity index (χ3n) is 7.09. The number of pyridine rings is 1. The van der Waals surface area contributed by atoms with Gasteiger partial charge < -0.3 is 19.5 Å². The van der Waals surface area contributed by atoms with Gasteiger partial charge in [-0.1, -0.05) is 18.9 Å². The molecule has 1 aromatic carbocycles. The lowest BCUT2D eigenvalue weighted by atomic mass is 10.0. The summed E-state index contributed by atoms with van der Waals surface area (Å²) in [4.78, 5) is 36.6. The third kappa shape index (κ3) is 4.87. The molecular weight excluding hydrogens is 479 g/mol. The number of ether oxygens (including phenoxy) is 2. The molecular formula is C27H29FN4O5. The van der Waals surface area contributed by atoms with Gasteiger partial charge in [-0.15, -0.1) is 0 Å². The van der Waals surface area contributed by atoms with E-state index in [1.807, 2.05) is 0 Å². The lowest BCUT2D eigenvalue weighted by molar-refractivity contribution is 0.0784. The van der Waals surface area contributed by atoms with E-state index in [2.05, 4.69) is 9.97 Å². The number of nitrogens with zero attached hydrogens (tertiary/aromatic N) is 4. The van der Waals surface area contributed by atoms with Gasteiger partial charge in [-0.25, -0.2) is 4.39 Å². The molecule has 1 saturated carbocycles. The van der Waals surface area contributed by atoms with Gasteiger partial charge in [0.25, 0.3) is 11.5 Å². The van der Waals surface area contributed by atoms with Crippen LogP contribution >= 0.6 is 0 Å². The van der Waals surface area contributed by atoms with Crippen molar-refractivity contribution in [2.45, 2.75) is 38.0 Å². The Labute approximate surface area is 213 Å². The highest BCUT2D eigenvalue weighted by Gasteiger charge is 2.34. The number of aromatic hydroxyl groups is 1. The monoisotopic (exact) mass is 508 g/mol. The average Bonchev–Trinajstić information content (AvgIpc) is 3.60. The zero-order valence-corrected chi connectivity index (χ0v) is 20.8. The fourth-order valence-electron chi connectivity index (χ4n) is 4.91. The van der Waals surface area contributed by atoms with E-state index in [1.54, 1.807) is 24.3 Å². The van der Waals surface area contributed by atoms with E-state index >= 15 is 0 Å². The third-order valence-corrected chi connectivity index (χ3v) is 7.09. The van der Waals surface area contributed by atoms with Gasteiger partial charge >= 0.3 is 0 Å². The number of carbonyl (C=O) groups excluding carboxylic acids is 1. The first-order valence-electron chi connectivity index (χ1n) is 12.4. The lowest BCUT2D eigenvalue weighted by Crippen LogP contribution is -2.35. The number of carbonyl (C=O) groups is 1. The van der Waals surface area contributed by atoms with Gasteiger partial charge in [0, 0.05) is 31.1 Å². The summed E-state index contributed by atoms with van der Waals surface area (Å²) in [5, 5.41) is 11.5. The van der Waals surface area contributed by atoms with Crippen molar-refractivity contribution in [2.24, 2.45) is 5.92 Å². The molecule has 194 valence electrons. The Balaban J connectivity index is 1.55. The number of hydrogen-bond acceptors (Lipinski definition) is 7.